The lowest BCUT2D eigenvalue weighted by atomic mass is 10.0. The first-order valence-electron chi connectivity index (χ1n) is 6.46. The molecular weight excluding hydrogens is 242 g/mol. The number of amides is 1. The van der Waals surface area contributed by atoms with E-state index in [1.54, 1.807) is 20.8 Å². The number of carbonyl (C=O) groups excluding carboxylic acids is 1. The number of hydrogen-bond acceptors (Lipinski definition) is 3. The highest BCUT2D eigenvalue weighted by Gasteiger charge is 2.19. The van der Waals surface area contributed by atoms with Crippen molar-refractivity contribution in [3.63, 3.8) is 0 Å². The summed E-state index contributed by atoms with van der Waals surface area (Å²) in [5.74, 6) is 0. The van der Waals surface area contributed by atoms with Gasteiger partial charge >= 0.3 is 6.09 Å². The van der Waals surface area contributed by atoms with Crippen molar-refractivity contribution in [1.82, 2.24) is 5.32 Å². The molecule has 1 amide bonds. The van der Waals surface area contributed by atoms with Gasteiger partial charge < -0.3 is 15.2 Å². The summed E-state index contributed by atoms with van der Waals surface area (Å²) in [6.07, 6.45) is 0.0800. The molecule has 0 aliphatic heterocycles. The minimum atomic E-state index is -0.534. The summed E-state index contributed by atoms with van der Waals surface area (Å²) in [6.45, 7) is 7.31. The van der Waals surface area contributed by atoms with Crippen LogP contribution in [0.1, 0.15) is 31.9 Å². The number of aryl methyl sites for hydroxylation is 1. The molecule has 0 spiro atoms. The summed E-state index contributed by atoms with van der Waals surface area (Å²) in [7, 11) is 0. The van der Waals surface area contributed by atoms with E-state index >= 15 is 0 Å². The van der Waals surface area contributed by atoms with E-state index in [0.29, 0.717) is 6.42 Å². The molecular formula is C15H23NO3. The lowest BCUT2D eigenvalue weighted by molar-refractivity contribution is 0.0483. The molecule has 1 atom stereocenters. The highest BCUT2D eigenvalue weighted by Crippen LogP contribution is 2.09. The number of aliphatic hydroxyl groups is 1. The third kappa shape index (κ3) is 6.25. The number of alkyl carbamates (subject to hydrolysis) is 1. The van der Waals surface area contributed by atoms with Crippen LogP contribution in [0.25, 0.3) is 0 Å². The molecule has 0 aliphatic rings. The average Bonchev–Trinajstić information content (AvgIpc) is 2.25. The van der Waals surface area contributed by atoms with E-state index in [2.05, 4.69) is 5.32 Å². The van der Waals surface area contributed by atoms with Crippen LogP contribution in [0.15, 0.2) is 24.3 Å². The molecule has 0 heterocycles. The van der Waals surface area contributed by atoms with Gasteiger partial charge in [0.25, 0.3) is 0 Å². The molecule has 0 aliphatic carbocycles. The first-order valence-corrected chi connectivity index (χ1v) is 6.46. The van der Waals surface area contributed by atoms with Gasteiger partial charge in [0.2, 0.25) is 0 Å². The molecule has 1 aromatic carbocycles. The second-order valence-corrected chi connectivity index (χ2v) is 5.72. The van der Waals surface area contributed by atoms with Crippen molar-refractivity contribution in [2.45, 2.75) is 45.8 Å². The zero-order valence-corrected chi connectivity index (χ0v) is 12.1. The quantitative estimate of drug-likeness (QED) is 0.879. The van der Waals surface area contributed by atoms with Crippen molar-refractivity contribution in [3.05, 3.63) is 35.4 Å². The number of carbonyl (C=O) groups is 1. The minimum absolute atomic E-state index is 0.118. The standard InChI is InChI=1S/C15H23NO3/c1-11-6-5-7-12(8-11)9-13(10-17)16-14(18)19-15(2,3)4/h5-8,13,17H,9-10H2,1-4H3,(H,16,18)/t13-/m0/s1. The van der Waals surface area contributed by atoms with Gasteiger partial charge in [-0.25, -0.2) is 4.79 Å². The van der Waals surface area contributed by atoms with Gasteiger partial charge in [0.15, 0.2) is 0 Å². The fourth-order valence-corrected chi connectivity index (χ4v) is 1.76. The largest absolute Gasteiger partial charge is 0.444 e. The number of hydrogen-bond donors (Lipinski definition) is 2. The summed E-state index contributed by atoms with van der Waals surface area (Å²) in [4.78, 5) is 11.6. The molecule has 106 valence electrons. The third-order valence-electron chi connectivity index (χ3n) is 2.51. The Morgan fingerprint density at radius 3 is 2.63 bits per heavy atom. The van der Waals surface area contributed by atoms with Gasteiger partial charge in [0.05, 0.1) is 12.6 Å². The van der Waals surface area contributed by atoms with Crippen LogP contribution in [0.3, 0.4) is 0 Å². The van der Waals surface area contributed by atoms with E-state index in [4.69, 9.17) is 4.74 Å². The fourth-order valence-electron chi connectivity index (χ4n) is 1.76. The van der Waals surface area contributed by atoms with Crippen molar-refractivity contribution in [2.24, 2.45) is 0 Å². The summed E-state index contributed by atoms with van der Waals surface area (Å²) in [5, 5.41) is 12.0. The van der Waals surface area contributed by atoms with Crippen LogP contribution in [0.2, 0.25) is 0 Å². The highest BCUT2D eigenvalue weighted by molar-refractivity contribution is 5.68. The van der Waals surface area contributed by atoms with Gasteiger partial charge in [-0.2, -0.15) is 0 Å². The molecule has 0 aromatic heterocycles. The van der Waals surface area contributed by atoms with Gasteiger partial charge in [-0.15, -0.1) is 0 Å². The van der Waals surface area contributed by atoms with Crippen LogP contribution in [0, 0.1) is 6.92 Å². The number of nitrogens with one attached hydrogen (secondary N) is 1. The first kappa shape index (κ1) is 15.5. The molecule has 1 rings (SSSR count). The number of rotatable bonds is 4. The normalized spacial score (nSPS) is 12.9. The molecule has 0 fully saturated rings. The van der Waals surface area contributed by atoms with E-state index < -0.39 is 11.7 Å². The van der Waals surface area contributed by atoms with Crippen LogP contribution in [0.5, 0.6) is 0 Å². The molecule has 1 aromatic rings. The van der Waals surface area contributed by atoms with Gasteiger partial charge in [-0.1, -0.05) is 29.8 Å². The molecule has 0 unspecified atom stereocenters. The first-order chi connectivity index (χ1) is 8.80. The Balaban J connectivity index is 2.57. The predicted octanol–water partition coefficient (Wildman–Crippen LogP) is 2.42. The Hall–Kier alpha value is -1.55. The van der Waals surface area contributed by atoms with E-state index in [1.165, 1.54) is 0 Å². The van der Waals surface area contributed by atoms with Gasteiger partial charge in [0, 0.05) is 0 Å². The second kappa shape index (κ2) is 6.57. The van der Waals surface area contributed by atoms with Crippen molar-refractivity contribution in [1.29, 1.82) is 0 Å². The van der Waals surface area contributed by atoms with E-state index in [9.17, 15) is 9.90 Å². The van der Waals surface area contributed by atoms with E-state index in [1.807, 2.05) is 31.2 Å². The van der Waals surface area contributed by atoms with Gasteiger partial charge in [-0.05, 0) is 39.7 Å². The maximum Gasteiger partial charge on any atom is 0.407 e. The van der Waals surface area contributed by atoms with Crippen LogP contribution in [-0.4, -0.2) is 29.4 Å². The Kier molecular flexibility index (Phi) is 5.36. The van der Waals surface area contributed by atoms with Crippen molar-refractivity contribution >= 4 is 6.09 Å². The summed E-state index contributed by atoms with van der Waals surface area (Å²) in [5.41, 5.74) is 1.70. The Morgan fingerprint density at radius 1 is 1.42 bits per heavy atom. The monoisotopic (exact) mass is 265 g/mol. The molecule has 0 saturated carbocycles. The van der Waals surface area contributed by atoms with E-state index in [0.717, 1.165) is 11.1 Å². The van der Waals surface area contributed by atoms with Gasteiger partial charge in [0.1, 0.15) is 5.60 Å². The average molecular weight is 265 g/mol. The third-order valence-corrected chi connectivity index (χ3v) is 2.51. The molecule has 4 nitrogen and oxygen atoms in total. The minimum Gasteiger partial charge on any atom is -0.444 e. The van der Waals surface area contributed by atoms with Crippen molar-refractivity contribution < 1.29 is 14.6 Å². The molecule has 0 saturated heterocycles. The molecule has 19 heavy (non-hydrogen) atoms. The smallest absolute Gasteiger partial charge is 0.407 e. The maximum absolute atomic E-state index is 11.6. The topological polar surface area (TPSA) is 58.6 Å². The van der Waals surface area contributed by atoms with Gasteiger partial charge in [-0.3, -0.25) is 0 Å². The molecule has 0 bridgehead atoms. The Labute approximate surface area is 114 Å². The Bertz CT molecular complexity index is 424. The van der Waals surface area contributed by atoms with Crippen LogP contribution < -0.4 is 5.32 Å². The van der Waals surface area contributed by atoms with Crippen LogP contribution >= 0.6 is 0 Å². The lowest BCUT2D eigenvalue weighted by Crippen LogP contribution is -2.42. The molecule has 4 heteroatoms. The molecule has 2 N–H and O–H groups in total. The van der Waals surface area contributed by atoms with Crippen LogP contribution in [-0.2, 0) is 11.2 Å². The van der Waals surface area contributed by atoms with E-state index in [-0.39, 0.29) is 12.6 Å². The summed E-state index contributed by atoms with van der Waals surface area (Å²) < 4.78 is 5.17. The number of benzene rings is 1. The fraction of sp³-hybridized carbons (Fsp3) is 0.533. The van der Waals surface area contributed by atoms with Crippen LogP contribution in [0.4, 0.5) is 4.79 Å². The predicted molar refractivity (Wildman–Crippen MR) is 75.1 cm³/mol. The molecule has 0 radical (unpaired) electrons. The zero-order valence-electron chi connectivity index (χ0n) is 12.1. The second-order valence-electron chi connectivity index (χ2n) is 5.72. The summed E-state index contributed by atoms with van der Waals surface area (Å²) >= 11 is 0. The number of ether oxygens (including phenoxy) is 1. The zero-order chi connectivity index (χ0) is 14.5. The maximum atomic E-state index is 11.6. The SMILES string of the molecule is Cc1cccc(C[C@@H](CO)NC(=O)OC(C)(C)C)c1. The van der Waals surface area contributed by atoms with Crippen molar-refractivity contribution in [2.75, 3.05) is 6.61 Å². The van der Waals surface area contributed by atoms with Crippen molar-refractivity contribution in [3.8, 4) is 0 Å². The number of aliphatic hydroxyl groups excluding tert-OH is 1. The summed E-state index contributed by atoms with van der Waals surface area (Å²) in [6, 6.07) is 7.66. The Morgan fingerprint density at radius 2 is 2.11 bits per heavy atom. The lowest BCUT2D eigenvalue weighted by Gasteiger charge is -2.22. The highest BCUT2D eigenvalue weighted by atomic mass is 16.6.